The average molecular weight is 563 g/mol. The van der Waals surface area contributed by atoms with Crippen LogP contribution in [0.5, 0.6) is 5.75 Å². The number of aromatic nitrogens is 1. The number of alkyl halides is 1. The molecule has 0 bridgehead atoms. The van der Waals surface area contributed by atoms with E-state index >= 15 is 4.39 Å². The molecule has 3 aromatic rings. The minimum Gasteiger partial charge on any atom is -0.488 e. The van der Waals surface area contributed by atoms with Crippen LogP contribution in [0, 0.1) is 28.0 Å². The van der Waals surface area contributed by atoms with E-state index in [0.717, 1.165) is 0 Å². The third kappa shape index (κ3) is 4.83. The highest BCUT2D eigenvalue weighted by atomic mass is 19.1. The number of hydrogen-bond acceptors (Lipinski definition) is 6. The molecule has 5 rings (SSSR count). The van der Waals surface area contributed by atoms with Gasteiger partial charge in [-0.3, -0.25) is 14.4 Å². The van der Waals surface area contributed by atoms with Gasteiger partial charge in [-0.2, -0.15) is 5.26 Å². The Balaban J connectivity index is 1.31. The number of H-pyrrole nitrogens is 1. The monoisotopic (exact) mass is 562 g/mol. The van der Waals surface area contributed by atoms with E-state index in [9.17, 15) is 24.0 Å². The number of fused-ring (bicyclic) bond motifs is 1. The van der Waals surface area contributed by atoms with Gasteiger partial charge in [-0.15, -0.1) is 0 Å². The molecule has 1 saturated heterocycles. The summed E-state index contributed by atoms with van der Waals surface area (Å²) in [5.41, 5.74) is -2.08. The van der Waals surface area contributed by atoms with Crippen LogP contribution in [0.15, 0.2) is 47.3 Å². The lowest BCUT2D eigenvalue weighted by Crippen LogP contribution is -2.74. The second-order valence-corrected chi connectivity index (χ2v) is 12.2. The molecule has 214 valence electrons. The van der Waals surface area contributed by atoms with Crippen LogP contribution in [0.4, 0.5) is 14.5 Å². The van der Waals surface area contributed by atoms with Gasteiger partial charge in [-0.05, 0) is 36.4 Å². The van der Waals surface area contributed by atoms with E-state index in [1.54, 1.807) is 29.2 Å². The number of carbonyl (C=O) groups excluding carboxylic acids is 2. The Hall–Kier alpha value is -4.26. The largest absolute Gasteiger partial charge is 0.488 e. The van der Waals surface area contributed by atoms with Crippen LogP contribution < -0.4 is 20.5 Å². The first-order chi connectivity index (χ1) is 19.3. The van der Waals surface area contributed by atoms with E-state index < -0.39 is 28.2 Å². The summed E-state index contributed by atoms with van der Waals surface area (Å²) >= 11 is 0. The average Bonchev–Trinajstić information content (AvgIpc) is 2.94. The van der Waals surface area contributed by atoms with E-state index in [2.05, 4.69) is 16.4 Å². The van der Waals surface area contributed by atoms with Crippen molar-refractivity contribution in [2.45, 2.75) is 58.4 Å². The molecule has 2 aliphatic rings. The van der Waals surface area contributed by atoms with Crippen LogP contribution in [-0.2, 0) is 4.79 Å². The zero-order chi connectivity index (χ0) is 29.7. The van der Waals surface area contributed by atoms with Crippen molar-refractivity contribution in [3.8, 4) is 11.8 Å². The van der Waals surface area contributed by atoms with E-state index in [4.69, 9.17) is 4.74 Å². The zero-order valence-corrected chi connectivity index (χ0v) is 23.4. The van der Waals surface area contributed by atoms with E-state index in [-0.39, 0.29) is 54.9 Å². The van der Waals surface area contributed by atoms with Crippen LogP contribution in [-0.4, -0.2) is 48.1 Å². The number of nitrogens with one attached hydrogen (secondary N) is 2. The summed E-state index contributed by atoms with van der Waals surface area (Å²) in [6.45, 7) is 8.32. The highest BCUT2D eigenvalue weighted by Crippen LogP contribution is 2.56. The van der Waals surface area contributed by atoms with Crippen molar-refractivity contribution in [2.24, 2.45) is 10.8 Å². The van der Waals surface area contributed by atoms with Crippen molar-refractivity contribution < 1.29 is 23.1 Å². The molecule has 0 unspecified atom stereocenters. The SMILES string of the molecule is CC1(C)C(NC(=O)c2ccc(N3CCC(F)(C=O)CC3)c(F)c2)C(C)(C)C1Oc1ccc(C#N)c2[nH]c(=O)ccc12. The first kappa shape index (κ1) is 28.3. The minimum absolute atomic E-state index is 0.0105. The van der Waals surface area contributed by atoms with Crippen molar-refractivity contribution in [2.75, 3.05) is 18.0 Å². The van der Waals surface area contributed by atoms with Crippen molar-refractivity contribution in [3.63, 3.8) is 0 Å². The molecule has 2 aromatic carbocycles. The molecule has 0 atom stereocenters. The maximum atomic E-state index is 15.1. The number of pyridine rings is 1. The van der Waals surface area contributed by atoms with Gasteiger partial charge >= 0.3 is 0 Å². The fourth-order valence-electron chi connectivity index (χ4n) is 6.70. The predicted octanol–water partition coefficient (Wildman–Crippen LogP) is 4.66. The summed E-state index contributed by atoms with van der Waals surface area (Å²) in [7, 11) is 0. The van der Waals surface area contributed by atoms with Crippen LogP contribution in [0.2, 0.25) is 0 Å². The molecule has 1 aromatic heterocycles. The Morgan fingerprint density at radius 1 is 1.12 bits per heavy atom. The van der Waals surface area contributed by atoms with Gasteiger partial charge in [0.1, 0.15) is 23.7 Å². The molecule has 8 nitrogen and oxygen atoms in total. The van der Waals surface area contributed by atoms with Gasteiger partial charge in [-0.25, -0.2) is 8.78 Å². The van der Waals surface area contributed by atoms with E-state index in [1.165, 1.54) is 18.2 Å². The van der Waals surface area contributed by atoms with Crippen molar-refractivity contribution >= 4 is 28.8 Å². The molecular formula is C31H32F2N4O4. The van der Waals surface area contributed by atoms with E-state index in [0.29, 0.717) is 28.5 Å². The molecule has 41 heavy (non-hydrogen) atoms. The van der Waals surface area contributed by atoms with Crippen LogP contribution in [0.3, 0.4) is 0 Å². The van der Waals surface area contributed by atoms with E-state index in [1.807, 2.05) is 27.7 Å². The fraction of sp³-hybridized carbons (Fsp3) is 0.419. The molecule has 1 amide bonds. The number of carbonyl (C=O) groups is 2. The maximum absolute atomic E-state index is 15.1. The summed E-state index contributed by atoms with van der Waals surface area (Å²) in [5.74, 6) is -0.502. The van der Waals surface area contributed by atoms with Crippen LogP contribution >= 0.6 is 0 Å². The summed E-state index contributed by atoms with van der Waals surface area (Å²) in [6.07, 6.45) is -0.0372. The number of benzene rings is 2. The number of ether oxygens (including phenoxy) is 1. The van der Waals surface area contributed by atoms with Crippen molar-refractivity contribution in [1.82, 2.24) is 10.3 Å². The molecule has 2 fully saturated rings. The number of rotatable bonds is 6. The molecule has 2 N–H and O–H groups in total. The van der Waals surface area contributed by atoms with Gasteiger partial charge in [0, 0.05) is 59.8 Å². The third-order valence-electron chi connectivity index (χ3n) is 8.69. The molecule has 0 radical (unpaired) electrons. The number of piperidine rings is 1. The molecular weight excluding hydrogens is 530 g/mol. The minimum atomic E-state index is -1.87. The highest BCUT2D eigenvalue weighted by molar-refractivity contribution is 5.95. The number of aromatic amines is 1. The number of amides is 1. The Kier molecular flexibility index (Phi) is 6.88. The first-order valence-corrected chi connectivity index (χ1v) is 13.5. The van der Waals surface area contributed by atoms with Gasteiger partial charge in [0.2, 0.25) is 5.56 Å². The zero-order valence-electron chi connectivity index (χ0n) is 23.4. The summed E-state index contributed by atoms with van der Waals surface area (Å²) < 4.78 is 35.8. The number of anilines is 1. The number of halogens is 2. The second-order valence-electron chi connectivity index (χ2n) is 12.2. The van der Waals surface area contributed by atoms with Crippen molar-refractivity contribution in [3.05, 3.63) is 69.8 Å². The number of nitriles is 1. The Morgan fingerprint density at radius 2 is 1.80 bits per heavy atom. The number of aldehydes is 1. The molecule has 0 spiro atoms. The maximum Gasteiger partial charge on any atom is 0.251 e. The summed E-state index contributed by atoms with van der Waals surface area (Å²) in [4.78, 5) is 40.5. The molecule has 2 heterocycles. The van der Waals surface area contributed by atoms with Gasteiger partial charge in [0.15, 0.2) is 12.0 Å². The van der Waals surface area contributed by atoms with Gasteiger partial charge < -0.3 is 19.9 Å². The van der Waals surface area contributed by atoms with Crippen molar-refractivity contribution in [1.29, 1.82) is 5.26 Å². The standard InChI is InChI=1S/C31H32F2N4O4/c1-29(2)27(30(3,4)28(29)41-23-9-6-19(16-34)25-20(23)7-10-24(39)35-25)36-26(40)18-5-8-22(21(32)15-18)37-13-11-31(33,17-38)12-14-37/h5-10,15,17,27-28H,11-14H2,1-4H3,(H,35,39)(H,36,40). The number of hydrogen-bond donors (Lipinski definition) is 2. The predicted molar refractivity (Wildman–Crippen MR) is 150 cm³/mol. The lowest BCUT2D eigenvalue weighted by molar-refractivity contribution is -0.163. The quantitative estimate of drug-likeness (QED) is 0.423. The molecule has 10 heteroatoms. The lowest BCUT2D eigenvalue weighted by atomic mass is 9.49. The first-order valence-electron chi connectivity index (χ1n) is 13.5. The van der Waals surface area contributed by atoms with Crippen LogP contribution in [0.25, 0.3) is 10.9 Å². The van der Waals surface area contributed by atoms with Crippen LogP contribution in [0.1, 0.15) is 56.5 Å². The Morgan fingerprint density at radius 3 is 2.41 bits per heavy atom. The second kappa shape index (κ2) is 9.98. The van der Waals surface area contributed by atoms with Gasteiger partial charge in [-0.1, -0.05) is 27.7 Å². The summed E-state index contributed by atoms with van der Waals surface area (Å²) in [6, 6.07) is 12.3. The highest BCUT2D eigenvalue weighted by Gasteiger charge is 2.64. The topological polar surface area (TPSA) is 115 Å². The normalized spacial score (nSPS) is 22.3. The van der Waals surface area contributed by atoms with Gasteiger partial charge in [0.25, 0.3) is 5.91 Å². The molecule has 1 aliphatic carbocycles. The van der Waals surface area contributed by atoms with Gasteiger partial charge in [0.05, 0.1) is 16.8 Å². The number of nitrogens with zero attached hydrogens (tertiary/aromatic N) is 2. The molecule has 1 aliphatic heterocycles. The molecule has 1 saturated carbocycles. The lowest BCUT2D eigenvalue weighted by Gasteiger charge is -2.63. The Labute approximate surface area is 236 Å². The third-order valence-corrected chi connectivity index (χ3v) is 8.69. The Bertz CT molecular complexity index is 1620. The fourth-order valence-corrected chi connectivity index (χ4v) is 6.70. The smallest absolute Gasteiger partial charge is 0.251 e. The summed E-state index contributed by atoms with van der Waals surface area (Å²) in [5, 5.41) is 13.1.